The van der Waals surface area contributed by atoms with Crippen LogP contribution in [0, 0.1) is 11.3 Å². The molecule has 0 aliphatic carbocycles. The summed E-state index contributed by atoms with van der Waals surface area (Å²) < 4.78 is 15.8. The Morgan fingerprint density at radius 3 is 1.92 bits per heavy atom. The topological polar surface area (TPSA) is 85.9 Å². The first-order valence-corrected chi connectivity index (χ1v) is 8.07. The van der Waals surface area contributed by atoms with Crippen LogP contribution in [-0.4, -0.2) is 39.7 Å². The number of ether oxygens (including phenoxy) is 3. The van der Waals surface area contributed by atoms with Gasteiger partial charge in [-0.2, -0.15) is 0 Å². The van der Waals surface area contributed by atoms with Crippen molar-refractivity contribution in [2.24, 2.45) is 11.3 Å². The van der Waals surface area contributed by atoms with Gasteiger partial charge in [0, 0.05) is 24.4 Å². The number of amides is 2. The lowest BCUT2D eigenvalue weighted by molar-refractivity contribution is -0.138. The highest BCUT2D eigenvalue weighted by Crippen LogP contribution is 2.40. The molecule has 0 aliphatic rings. The molecule has 0 radical (unpaired) electrons. The molecular formula is C18H28N2O5. The van der Waals surface area contributed by atoms with E-state index in [1.807, 2.05) is 13.8 Å². The van der Waals surface area contributed by atoms with Crippen molar-refractivity contribution in [2.45, 2.75) is 27.7 Å². The van der Waals surface area contributed by atoms with Crippen LogP contribution in [0.1, 0.15) is 27.7 Å². The van der Waals surface area contributed by atoms with Gasteiger partial charge in [-0.1, -0.05) is 13.8 Å². The van der Waals surface area contributed by atoms with Crippen LogP contribution < -0.4 is 24.8 Å². The molecule has 2 amide bonds. The van der Waals surface area contributed by atoms with Gasteiger partial charge >= 0.3 is 0 Å². The average molecular weight is 352 g/mol. The van der Waals surface area contributed by atoms with Crippen molar-refractivity contribution >= 4 is 17.5 Å². The van der Waals surface area contributed by atoms with Gasteiger partial charge in [0.1, 0.15) is 5.41 Å². The first-order chi connectivity index (χ1) is 11.7. The Balaban J connectivity index is 3.00. The lowest BCUT2D eigenvalue weighted by atomic mass is 9.90. The van der Waals surface area contributed by atoms with Crippen LogP contribution in [-0.2, 0) is 9.59 Å². The van der Waals surface area contributed by atoms with Crippen molar-refractivity contribution in [3.8, 4) is 17.2 Å². The summed E-state index contributed by atoms with van der Waals surface area (Å²) in [4.78, 5) is 24.9. The molecule has 0 spiro atoms. The minimum Gasteiger partial charge on any atom is -0.493 e. The molecule has 0 saturated carbocycles. The molecule has 140 valence electrons. The molecule has 1 aromatic carbocycles. The molecule has 0 unspecified atom stereocenters. The lowest BCUT2D eigenvalue weighted by Crippen LogP contribution is -2.46. The fourth-order valence-corrected chi connectivity index (χ4v) is 2.06. The van der Waals surface area contributed by atoms with E-state index >= 15 is 0 Å². The fraction of sp³-hybridized carbons (Fsp3) is 0.556. The van der Waals surface area contributed by atoms with E-state index in [9.17, 15) is 9.59 Å². The van der Waals surface area contributed by atoms with Crippen LogP contribution in [0.25, 0.3) is 0 Å². The van der Waals surface area contributed by atoms with Crippen LogP contribution in [0.5, 0.6) is 17.2 Å². The Morgan fingerprint density at radius 1 is 1.00 bits per heavy atom. The predicted octanol–water partition coefficient (Wildman–Crippen LogP) is 2.45. The van der Waals surface area contributed by atoms with Gasteiger partial charge in [0.2, 0.25) is 17.6 Å². The molecule has 25 heavy (non-hydrogen) atoms. The minimum atomic E-state index is -1.23. The van der Waals surface area contributed by atoms with E-state index in [2.05, 4.69) is 10.6 Å². The van der Waals surface area contributed by atoms with Gasteiger partial charge in [0.15, 0.2) is 11.5 Å². The maximum Gasteiger partial charge on any atom is 0.239 e. The van der Waals surface area contributed by atoms with E-state index in [-0.39, 0.29) is 5.91 Å². The first-order valence-electron chi connectivity index (χ1n) is 8.07. The normalized spacial score (nSPS) is 11.0. The van der Waals surface area contributed by atoms with Crippen molar-refractivity contribution in [3.05, 3.63) is 12.1 Å². The van der Waals surface area contributed by atoms with Crippen LogP contribution in [0.4, 0.5) is 5.69 Å². The molecule has 1 aromatic rings. The maximum absolute atomic E-state index is 12.6. The van der Waals surface area contributed by atoms with Crippen LogP contribution >= 0.6 is 0 Å². The molecule has 0 atom stereocenters. The lowest BCUT2D eigenvalue weighted by Gasteiger charge is -2.24. The zero-order chi connectivity index (χ0) is 19.2. The van der Waals surface area contributed by atoms with E-state index in [4.69, 9.17) is 14.2 Å². The van der Waals surface area contributed by atoms with Gasteiger partial charge in [-0.25, -0.2) is 0 Å². The van der Waals surface area contributed by atoms with Crippen LogP contribution in [0.2, 0.25) is 0 Å². The molecular weight excluding hydrogens is 324 g/mol. The summed E-state index contributed by atoms with van der Waals surface area (Å²) in [5.74, 6) is 0.808. The molecule has 0 aliphatic heterocycles. The molecule has 0 saturated heterocycles. The summed E-state index contributed by atoms with van der Waals surface area (Å²) in [6.45, 7) is 7.65. The van der Waals surface area contributed by atoms with E-state index in [0.717, 1.165) is 0 Å². The van der Waals surface area contributed by atoms with Crippen LogP contribution in [0.15, 0.2) is 12.1 Å². The summed E-state index contributed by atoms with van der Waals surface area (Å²) in [7, 11) is 4.49. The number of carbonyl (C=O) groups excluding carboxylic acids is 2. The molecule has 0 heterocycles. The standard InChI is InChI=1S/C18H28N2O5/c1-11(2)10-19-16(21)18(3,4)17(22)20-12-8-13(23-5)15(25-7)14(9-12)24-6/h8-9,11H,10H2,1-7H3,(H,19,21)(H,20,22). The first kappa shape index (κ1) is 20.6. The predicted molar refractivity (Wildman–Crippen MR) is 96.4 cm³/mol. The SMILES string of the molecule is COc1cc(NC(=O)C(C)(C)C(=O)NCC(C)C)cc(OC)c1OC. The Hall–Kier alpha value is -2.44. The Bertz CT molecular complexity index is 601. The van der Waals surface area contributed by atoms with Gasteiger partial charge in [-0.05, 0) is 19.8 Å². The summed E-state index contributed by atoms with van der Waals surface area (Å²) in [6, 6.07) is 3.22. The molecule has 7 nitrogen and oxygen atoms in total. The summed E-state index contributed by atoms with van der Waals surface area (Å²) in [5.41, 5.74) is -0.779. The highest BCUT2D eigenvalue weighted by molar-refractivity contribution is 6.10. The van der Waals surface area contributed by atoms with Gasteiger partial charge in [0.05, 0.1) is 21.3 Å². The second kappa shape index (κ2) is 8.60. The number of carbonyl (C=O) groups is 2. The average Bonchev–Trinajstić information content (AvgIpc) is 2.58. The van der Waals surface area contributed by atoms with Gasteiger partial charge in [0.25, 0.3) is 0 Å². The fourth-order valence-electron chi connectivity index (χ4n) is 2.06. The summed E-state index contributed by atoms with van der Waals surface area (Å²) in [5, 5.41) is 5.52. The third-order valence-corrected chi connectivity index (χ3v) is 3.73. The minimum absolute atomic E-state index is 0.304. The zero-order valence-electron chi connectivity index (χ0n) is 16.0. The second-order valence-corrected chi connectivity index (χ2v) is 6.60. The van der Waals surface area contributed by atoms with Crippen molar-refractivity contribution < 1.29 is 23.8 Å². The molecule has 7 heteroatoms. The van der Waals surface area contributed by atoms with Crippen molar-refractivity contribution in [3.63, 3.8) is 0 Å². The number of hydrogen-bond donors (Lipinski definition) is 2. The van der Waals surface area contributed by atoms with Crippen LogP contribution in [0.3, 0.4) is 0 Å². The number of nitrogens with one attached hydrogen (secondary N) is 2. The number of rotatable bonds is 8. The summed E-state index contributed by atoms with van der Waals surface area (Å²) in [6.07, 6.45) is 0. The monoisotopic (exact) mass is 352 g/mol. The molecule has 2 N–H and O–H groups in total. The Morgan fingerprint density at radius 2 is 1.52 bits per heavy atom. The highest BCUT2D eigenvalue weighted by Gasteiger charge is 2.36. The Kier molecular flexibility index (Phi) is 7.09. The van der Waals surface area contributed by atoms with E-state index in [0.29, 0.717) is 35.4 Å². The molecule has 0 bridgehead atoms. The summed E-state index contributed by atoms with van der Waals surface area (Å²) >= 11 is 0. The number of hydrogen-bond acceptors (Lipinski definition) is 5. The molecule has 0 fully saturated rings. The maximum atomic E-state index is 12.6. The van der Waals surface area contributed by atoms with Gasteiger partial charge in [-0.15, -0.1) is 0 Å². The third kappa shape index (κ3) is 5.01. The number of anilines is 1. The van der Waals surface area contributed by atoms with Crippen molar-refractivity contribution in [1.29, 1.82) is 0 Å². The number of methoxy groups -OCH3 is 3. The van der Waals surface area contributed by atoms with Gasteiger partial charge < -0.3 is 24.8 Å². The van der Waals surface area contributed by atoms with Crippen molar-refractivity contribution in [1.82, 2.24) is 5.32 Å². The smallest absolute Gasteiger partial charge is 0.239 e. The van der Waals surface area contributed by atoms with E-state index < -0.39 is 11.3 Å². The zero-order valence-corrected chi connectivity index (χ0v) is 16.0. The molecule has 1 rings (SSSR count). The van der Waals surface area contributed by atoms with Gasteiger partial charge in [-0.3, -0.25) is 9.59 Å². The van der Waals surface area contributed by atoms with E-state index in [1.165, 1.54) is 21.3 Å². The Labute approximate surface area is 149 Å². The van der Waals surface area contributed by atoms with Crippen molar-refractivity contribution in [2.75, 3.05) is 33.2 Å². The molecule has 0 aromatic heterocycles. The highest BCUT2D eigenvalue weighted by atomic mass is 16.5. The largest absolute Gasteiger partial charge is 0.493 e. The third-order valence-electron chi connectivity index (χ3n) is 3.73. The van der Waals surface area contributed by atoms with E-state index in [1.54, 1.807) is 26.0 Å². The second-order valence-electron chi connectivity index (χ2n) is 6.60. The number of benzene rings is 1. The quantitative estimate of drug-likeness (QED) is 0.702.